The molecule has 3 amide bonds. The third-order valence-corrected chi connectivity index (χ3v) is 7.75. The number of hydrogen-bond donors (Lipinski definition) is 3. The van der Waals surface area contributed by atoms with Crippen LogP contribution in [-0.4, -0.2) is 58.4 Å². The van der Waals surface area contributed by atoms with Gasteiger partial charge in [0.25, 0.3) is 5.91 Å². The Morgan fingerprint density at radius 2 is 1.80 bits per heavy atom. The number of aryl methyl sites for hydroxylation is 1. The van der Waals surface area contributed by atoms with Crippen LogP contribution in [0.3, 0.4) is 0 Å². The molecule has 1 aromatic carbocycles. The van der Waals surface area contributed by atoms with Gasteiger partial charge < -0.3 is 15.4 Å². The minimum atomic E-state index is -0.927. The maximum atomic E-state index is 13.3. The van der Waals surface area contributed by atoms with Crippen molar-refractivity contribution in [3.05, 3.63) is 47.2 Å². The van der Waals surface area contributed by atoms with Crippen molar-refractivity contribution in [2.75, 3.05) is 6.54 Å². The second-order valence-corrected chi connectivity index (χ2v) is 12.0. The molecule has 3 heterocycles. The highest BCUT2D eigenvalue weighted by Gasteiger charge is 2.35. The molecule has 2 aliphatic heterocycles. The molecule has 1 aromatic heterocycles. The Hall–Kier alpha value is -3.79. The molecule has 10 heteroatoms. The van der Waals surface area contributed by atoms with Crippen molar-refractivity contribution in [1.82, 2.24) is 26.1 Å². The van der Waals surface area contributed by atoms with Gasteiger partial charge in [0.2, 0.25) is 11.8 Å². The fourth-order valence-corrected chi connectivity index (χ4v) is 5.03. The molecule has 0 saturated carbocycles. The summed E-state index contributed by atoms with van der Waals surface area (Å²) >= 11 is 0. The molecule has 220 valence electrons. The second-order valence-electron chi connectivity index (χ2n) is 12.0. The molecule has 2 aliphatic rings. The highest BCUT2D eigenvalue weighted by molar-refractivity contribution is 5.94. The fourth-order valence-electron chi connectivity index (χ4n) is 5.03. The maximum absolute atomic E-state index is 13.3. The van der Waals surface area contributed by atoms with Gasteiger partial charge in [0.05, 0.1) is 16.6 Å². The molecule has 10 nitrogen and oxygen atoms in total. The number of fused-ring (bicyclic) bond motifs is 4. The van der Waals surface area contributed by atoms with Crippen molar-refractivity contribution in [2.24, 2.45) is 11.3 Å². The third-order valence-electron chi connectivity index (χ3n) is 7.75. The maximum Gasteiger partial charge on any atom is 0.325 e. The van der Waals surface area contributed by atoms with Crippen LogP contribution in [-0.2, 0) is 23.9 Å². The lowest BCUT2D eigenvalue weighted by Gasteiger charge is -2.35. The summed E-state index contributed by atoms with van der Waals surface area (Å²) in [6.45, 7) is 13.0. The van der Waals surface area contributed by atoms with Crippen molar-refractivity contribution in [2.45, 2.75) is 85.5 Å². The number of pyridine rings is 1. The van der Waals surface area contributed by atoms with Crippen LogP contribution in [0.1, 0.15) is 77.3 Å². The molecular formula is C31H41N5O5. The average molecular weight is 564 g/mol. The van der Waals surface area contributed by atoms with E-state index in [1.54, 1.807) is 33.8 Å². The predicted molar refractivity (Wildman–Crippen MR) is 156 cm³/mol. The number of carbonyl (C=O) groups is 4. The van der Waals surface area contributed by atoms with E-state index in [1.807, 2.05) is 51.1 Å². The summed E-state index contributed by atoms with van der Waals surface area (Å²) in [7, 11) is 0. The standard InChI is InChI=1S/C31H41N5O5/c1-17(2)26-27(37)32-19(4)28(38)36-14-8-9-23(35-36)29(39)41-20(5)24-15-18(3)22-11-10-21(16-25(22)33-24)12-13-31(6,7)30(40)34-26/h10-13,15-17,19-20,23,26,35H,8-9,14H2,1-7H3,(H,32,37)(H,34,40)/t19-,20+,23-,26-/m0/s1. The first-order chi connectivity index (χ1) is 19.3. The Morgan fingerprint density at radius 1 is 1.07 bits per heavy atom. The van der Waals surface area contributed by atoms with E-state index in [9.17, 15) is 19.2 Å². The van der Waals surface area contributed by atoms with Gasteiger partial charge in [-0.3, -0.25) is 24.2 Å². The molecule has 4 atom stereocenters. The zero-order chi connectivity index (χ0) is 30.1. The van der Waals surface area contributed by atoms with E-state index >= 15 is 0 Å². The number of esters is 1. The normalized spacial score (nSPS) is 26.1. The van der Waals surface area contributed by atoms with Crippen LogP contribution in [0.4, 0.5) is 0 Å². The molecule has 1 fully saturated rings. The first kappa shape index (κ1) is 30.2. The molecular weight excluding hydrogens is 522 g/mol. The molecule has 2 aromatic rings. The Morgan fingerprint density at radius 3 is 2.51 bits per heavy atom. The predicted octanol–water partition coefficient (Wildman–Crippen LogP) is 3.34. The number of hydrazine groups is 1. The summed E-state index contributed by atoms with van der Waals surface area (Å²) in [5.74, 6) is -1.84. The lowest BCUT2D eigenvalue weighted by atomic mass is 9.89. The Labute approximate surface area is 241 Å². The zero-order valence-corrected chi connectivity index (χ0v) is 24.9. The summed E-state index contributed by atoms with van der Waals surface area (Å²) in [5, 5.41) is 7.97. The van der Waals surface area contributed by atoms with Crippen molar-refractivity contribution >= 4 is 40.7 Å². The van der Waals surface area contributed by atoms with Crippen LogP contribution in [0, 0.1) is 18.3 Å². The highest BCUT2D eigenvalue weighted by Crippen LogP contribution is 2.26. The summed E-state index contributed by atoms with van der Waals surface area (Å²) in [5.41, 5.74) is 5.28. The molecule has 5 bridgehead atoms. The Bertz CT molecular complexity index is 1380. The number of carbonyl (C=O) groups excluding carboxylic acids is 4. The largest absolute Gasteiger partial charge is 0.455 e. The van der Waals surface area contributed by atoms with Crippen LogP contribution in [0.15, 0.2) is 30.3 Å². The molecule has 41 heavy (non-hydrogen) atoms. The molecule has 0 aliphatic carbocycles. The van der Waals surface area contributed by atoms with E-state index in [-0.39, 0.29) is 17.7 Å². The summed E-state index contributed by atoms with van der Waals surface area (Å²) in [6.07, 6.45) is 4.15. The molecule has 0 spiro atoms. The number of amides is 3. The number of nitrogens with one attached hydrogen (secondary N) is 3. The van der Waals surface area contributed by atoms with Crippen molar-refractivity contribution in [1.29, 1.82) is 0 Å². The van der Waals surface area contributed by atoms with E-state index in [0.717, 1.165) is 22.0 Å². The molecule has 4 rings (SSSR count). The molecule has 0 unspecified atom stereocenters. The summed E-state index contributed by atoms with van der Waals surface area (Å²) < 4.78 is 5.80. The number of cyclic esters (lactones) is 1. The van der Waals surface area contributed by atoms with Gasteiger partial charge >= 0.3 is 5.97 Å². The lowest BCUT2D eigenvalue weighted by molar-refractivity contribution is -0.157. The van der Waals surface area contributed by atoms with Gasteiger partial charge in [0, 0.05) is 11.9 Å². The number of ether oxygens (including phenoxy) is 1. The van der Waals surface area contributed by atoms with Crippen LogP contribution in [0.5, 0.6) is 0 Å². The van der Waals surface area contributed by atoms with Crippen LogP contribution in [0.2, 0.25) is 0 Å². The third kappa shape index (κ3) is 6.75. The molecule has 0 radical (unpaired) electrons. The average Bonchev–Trinajstić information content (AvgIpc) is 2.93. The Balaban J connectivity index is 1.73. The van der Waals surface area contributed by atoms with Gasteiger partial charge in [-0.1, -0.05) is 38.1 Å². The van der Waals surface area contributed by atoms with E-state index in [1.165, 1.54) is 5.01 Å². The van der Waals surface area contributed by atoms with Crippen LogP contribution in [0.25, 0.3) is 17.0 Å². The molecule has 1 saturated heterocycles. The van der Waals surface area contributed by atoms with Crippen LogP contribution >= 0.6 is 0 Å². The van der Waals surface area contributed by atoms with E-state index < -0.39 is 41.5 Å². The first-order valence-electron chi connectivity index (χ1n) is 14.3. The minimum Gasteiger partial charge on any atom is -0.455 e. The van der Waals surface area contributed by atoms with Gasteiger partial charge in [-0.25, -0.2) is 10.4 Å². The quantitative estimate of drug-likeness (QED) is 0.454. The van der Waals surface area contributed by atoms with Crippen molar-refractivity contribution in [3.8, 4) is 0 Å². The molecule has 3 N–H and O–H groups in total. The van der Waals surface area contributed by atoms with E-state index in [0.29, 0.717) is 25.1 Å². The summed E-state index contributed by atoms with van der Waals surface area (Å²) in [4.78, 5) is 57.7. The van der Waals surface area contributed by atoms with Gasteiger partial charge in [-0.05, 0) is 76.6 Å². The van der Waals surface area contributed by atoms with Crippen LogP contribution < -0.4 is 16.1 Å². The monoisotopic (exact) mass is 563 g/mol. The zero-order valence-electron chi connectivity index (χ0n) is 24.9. The first-order valence-corrected chi connectivity index (χ1v) is 14.3. The van der Waals surface area contributed by atoms with E-state index in [2.05, 4.69) is 16.1 Å². The number of benzene rings is 1. The van der Waals surface area contributed by atoms with Gasteiger partial charge in [0.1, 0.15) is 24.2 Å². The number of hydrogen-bond acceptors (Lipinski definition) is 7. The second kappa shape index (κ2) is 12.0. The lowest BCUT2D eigenvalue weighted by Crippen LogP contribution is -2.61. The number of aromatic nitrogens is 1. The topological polar surface area (TPSA) is 130 Å². The van der Waals surface area contributed by atoms with E-state index in [4.69, 9.17) is 9.72 Å². The van der Waals surface area contributed by atoms with Crippen molar-refractivity contribution in [3.63, 3.8) is 0 Å². The number of nitrogens with zero attached hydrogens (tertiary/aromatic N) is 2. The summed E-state index contributed by atoms with van der Waals surface area (Å²) in [6, 6.07) is 5.36. The van der Waals surface area contributed by atoms with Gasteiger partial charge in [-0.15, -0.1) is 0 Å². The van der Waals surface area contributed by atoms with Crippen molar-refractivity contribution < 1.29 is 23.9 Å². The highest BCUT2D eigenvalue weighted by atomic mass is 16.5. The Kier molecular flexibility index (Phi) is 8.82. The van der Waals surface area contributed by atoms with Gasteiger partial charge in [0.15, 0.2) is 0 Å². The van der Waals surface area contributed by atoms with Gasteiger partial charge in [-0.2, -0.15) is 0 Å². The SMILES string of the molecule is Cc1cc2nc3cc(ccc13)C=CC(C)(C)C(=O)N[C@@H](C(C)C)C(=O)N[C@@H](C)C(=O)N1CCC[C@H](N1)C(=O)O[C@@H]2C. The fraction of sp³-hybridized carbons (Fsp3) is 0.516. The number of rotatable bonds is 1. The smallest absolute Gasteiger partial charge is 0.325 e. The minimum absolute atomic E-state index is 0.221.